The van der Waals surface area contributed by atoms with Crippen LogP contribution in [0.2, 0.25) is 0 Å². The molecule has 0 aliphatic heterocycles. The molecule has 2 rings (SSSR count). The summed E-state index contributed by atoms with van der Waals surface area (Å²) in [5.41, 5.74) is 1.63. The minimum absolute atomic E-state index is 0.0543. The fraction of sp³-hybridized carbons (Fsp3) is 0.200. The van der Waals surface area contributed by atoms with Crippen molar-refractivity contribution in [2.75, 3.05) is 5.75 Å². The number of hydrogen-bond acceptors (Lipinski definition) is 4. The summed E-state index contributed by atoms with van der Waals surface area (Å²) in [6, 6.07) is 9.00. The van der Waals surface area contributed by atoms with Crippen LogP contribution < -0.4 is 4.72 Å². The Labute approximate surface area is 98.3 Å². The van der Waals surface area contributed by atoms with E-state index in [1.165, 1.54) is 0 Å². The maximum absolute atomic E-state index is 11.2. The average Bonchev–Trinajstić information content (AvgIpc) is 2.69. The SMILES string of the molecule is N#CCS(=O)(=O)NCc1nc2ccccc2[nH]1. The third-order valence-electron chi connectivity index (χ3n) is 2.15. The maximum atomic E-state index is 11.2. The minimum atomic E-state index is -3.54. The second kappa shape index (κ2) is 4.53. The van der Waals surface area contributed by atoms with Gasteiger partial charge in [-0.3, -0.25) is 0 Å². The molecule has 0 spiro atoms. The topological polar surface area (TPSA) is 98.6 Å². The number of nitriles is 1. The molecule has 0 bridgehead atoms. The molecule has 7 heteroatoms. The number of imidazole rings is 1. The molecular formula is C10H10N4O2S. The lowest BCUT2D eigenvalue weighted by molar-refractivity contribution is 0.583. The molecule has 0 saturated carbocycles. The first-order valence-electron chi connectivity index (χ1n) is 4.88. The number of nitrogens with one attached hydrogen (secondary N) is 2. The highest BCUT2D eigenvalue weighted by atomic mass is 32.2. The summed E-state index contributed by atoms with van der Waals surface area (Å²) in [5.74, 6) is -0.0274. The molecule has 1 aromatic carbocycles. The molecule has 2 N–H and O–H groups in total. The van der Waals surface area contributed by atoms with Gasteiger partial charge in [-0.25, -0.2) is 18.1 Å². The van der Waals surface area contributed by atoms with Gasteiger partial charge in [0, 0.05) is 0 Å². The van der Waals surface area contributed by atoms with E-state index in [1.54, 1.807) is 6.07 Å². The van der Waals surface area contributed by atoms with Crippen LogP contribution in [0, 0.1) is 11.3 Å². The fourth-order valence-corrected chi connectivity index (χ4v) is 2.03. The van der Waals surface area contributed by atoms with Crippen LogP contribution in [-0.4, -0.2) is 24.1 Å². The average molecular weight is 250 g/mol. The largest absolute Gasteiger partial charge is 0.341 e. The van der Waals surface area contributed by atoms with Gasteiger partial charge in [0.15, 0.2) is 5.75 Å². The molecule has 0 unspecified atom stereocenters. The number of nitrogens with zero attached hydrogens (tertiary/aromatic N) is 2. The Balaban J connectivity index is 2.12. The van der Waals surface area contributed by atoms with E-state index in [1.807, 2.05) is 24.3 Å². The van der Waals surface area contributed by atoms with Crippen molar-refractivity contribution in [3.05, 3.63) is 30.1 Å². The second-order valence-electron chi connectivity index (χ2n) is 3.44. The van der Waals surface area contributed by atoms with E-state index in [2.05, 4.69) is 14.7 Å². The Morgan fingerprint density at radius 1 is 1.41 bits per heavy atom. The smallest absolute Gasteiger partial charge is 0.225 e. The number of rotatable bonds is 4. The third kappa shape index (κ3) is 2.81. The van der Waals surface area contributed by atoms with Crippen molar-refractivity contribution >= 4 is 21.1 Å². The van der Waals surface area contributed by atoms with Crippen LogP contribution in [0.15, 0.2) is 24.3 Å². The van der Waals surface area contributed by atoms with Crippen molar-refractivity contribution in [1.29, 1.82) is 5.26 Å². The zero-order valence-electron chi connectivity index (χ0n) is 8.84. The number of sulfonamides is 1. The number of aromatic amines is 1. The molecule has 0 atom stereocenters. The van der Waals surface area contributed by atoms with Gasteiger partial charge in [0.2, 0.25) is 10.0 Å². The molecule has 1 aromatic heterocycles. The first kappa shape index (κ1) is 11.6. The molecule has 0 aliphatic carbocycles. The standard InChI is InChI=1S/C10H10N4O2S/c11-5-6-17(15,16)12-7-10-13-8-3-1-2-4-9(8)14-10/h1-4,12H,6-7H2,(H,13,14). The van der Waals surface area contributed by atoms with Crippen molar-refractivity contribution < 1.29 is 8.42 Å². The Morgan fingerprint density at radius 3 is 2.88 bits per heavy atom. The Morgan fingerprint density at radius 2 is 2.18 bits per heavy atom. The van der Waals surface area contributed by atoms with Crippen LogP contribution in [0.1, 0.15) is 5.82 Å². The summed E-state index contributed by atoms with van der Waals surface area (Å²) in [6.45, 7) is 0.0543. The van der Waals surface area contributed by atoms with Crippen LogP contribution in [0.4, 0.5) is 0 Å². The quantitative estimate of drug-likeness (QED) is 0.825. The highest BCUT2D eigenvalue weighted by molar-refractivity contribution is 7.89. The second-order valence-corrected chi connectivity index (χ2v) is 5.25. The van der Waals surface area contributed by atoms with Gasteiger partial charge in [-0.05, 0) is 12.1 Å². The van der Waals surface area contributed by atoms with Gasteiger partial charge < -0.3 is 4.98 Å². The molecule has 17 heavy (non-hydrogen) atoms. The van der Waals surface area contributed by atoms with E-state index in [-0.39, 0.29) is 6.54 Å². The Hall–Kier alpha value is -1.91. The lowest BCUT2D eigenvalue weighted by atomic mass is 10.3. The maximum Gasteiger partial charge on any atom is 0.225 e. The molecule has 0 aliphatic rings. The molecule has 0 saturated heterocycles. The minimum Gasteiger partial charge on any atom is -0.341 e. The molecule has 0 fully saturated rings. The third-order valence-corrected chi connectivity index (χ3v) is 3.25. The molecule has 0 amide bonds. The summed E-state index contributed by atoms with van der Waals surface area (Å²) >= 11 is 0. The molecule has 88 valence electrons. The van der Waals surface area contributed by atoms with Gasteiger partial charge in [0.1, 0.15) is 5.82 Å². The van der Waals surface area contributed by atoms with Crippen molar-refractivity contribution in [2.45, 2.75) is 6.54 Å². The molecule has 0 radical (unpaired) electrons. The zero-order chi connectivity index (χ0) is 12.3. The van der Waals surface area contributed by atoms with E-state index in [4.69, 9.17) is 5.26 Å². The van der Waals surface area contributed by atoms with Gasteiger partial charge >= 0.3 is 0 Å². The van der Waals surface area contributed by atoms with Crippen LogP contribution in [-0.2, 0) is 16.6 Å². The predicted molar refractivity (Wildman–Crippen MR) is 62.3 cm³/mol. The van der Waals surface area contributed by atoms with E-state index < -0.39 is 15.8 Å². The predicted octanol–water partition coefficient (Wildman–Crippen LogP) is 0.506. The van der Waals surface area contributed by atoms with Crippen molar-refractivity contribution in [3.8, 4) is 6.07 Å². The summed E-state index contributed by atoms with van der Waals surface area (Å²) in [5, 5.41) is 8.32. The summed E-state index contributed by atoms with van der Waals surface area (Å²) in [6.07, 6.45) is 0. The summed E-state index contributed by atoms with van der Waals surface area (Å²) < 4.78 is 24.8. The van der Waals surface area contributed by atoms with Crippen molar-refractivity contribution in [1.82, 2.24) is 14.7 Å². The lowest BCUT2D eigenvalue weighted by Gasteiger charge is -1.99. The molecular weight excluding hydrogens is 240 g/mol. The normalized spacial score (nSPS) is 11.5. The fourth-order valence-electron chi connectivity index (χ4n) is 1.40. The van der Waals surface area contributed by atoms with Crippen molar-refractivity contribution in [3.63, 3.8) is 0 Å². The summed E-state index contributed by atoms with van der Waals surface area (Å²) in [4.78, 5) is 7.20. The van der Waals surface area contributed by atoms with Gasteiger partial charge in [-0.1, -0.05) is 12.1 Å². The van der Waals surface area contributed by atoms with Crippen LogP contribution >= 0.6 is 0 Å². The van der Waals surface area contributed by atoms with Gasteiger partial charge in [0.05, 0.1) is 23.6 Å². The molecule has 1 heterocycles. The van der Waals surface area contributed by atoms with Gasteiger partial charge in [-0.2, -0.15) is 5.26 Å². The Bertz CT molecular complexity index is 636. The number of para-hydroxylation sites is 2. The first-order valence-corrected chi connectivity index (χ1v) is 6.54. The van der Waals surface area contributed by atoms with E-state index in [0.29, 0.717) is 5.82 Å². The lowest BCUT2D eigenvalue weighted by Crippen LogP contribution is -2.25. The number of fused-ring (bicyclic) bond motifs is 1. The molecule has 6 nitrogen and oxygen atoms in total. The van der Waals surface area contributed by atoms with E-state index in [0.717, 1.165) is 11.0 Å². The highest BCUT2D eigenvalue weighted by Crippen LogP contribution is 2.09. The number of benzene rings is 1. The number of H-pyrrole nitrogens is 1. The number of hydrogen-bond donors (Lipinski definition) is 2. The molecule has 2 aromatic rings. The summed E-state index contributed by atoms with van der Waals surface area (Å²) in [7, 11) is -3.54. The Kier molecular flexibility index (Phi) is 3.08. The van der Waals surface area contributed by atoms with Crippen LogP contribution in [0.25, 0.3) is 11.0 Å². The van der Waals surface area contributed by atoms with E-state index in [9.17, 15) is 8.42 Å². The number of aromatic nitrogens is 2. The van der Waals surface area contributed by atoms with E-state index >= 15 is 0 Å². The monoisotopic (exact) mass is 250 g/mol. The van der Waals surface area contributed by atoms with Gasteiger partial charge in [0.25, 0.3) is 0 Å². The zero-order valence-corrected chi connectivity index (χ0v) is 9.66. The highest BCUT2D eigenvalue weighted by Gasteiger charge is 2.10. The van der Waals surface area contributed by atoms with Crippen molar-refractivity contribution in [2.24, 2.45) is 0 Å². The van der Waals surface area contributed by atoms with Gasteiger partial charge in [-0.15, -0.1) is 0 Å². The van der Waals surface area contributed by atoms with Crippen LogP contribution in [0.5, 0.6) is 0 Å². The first-order chi connectivity index (χ1) is 8.11. The van der Waals surface area contributed by atoms with Crippen LogP contribution in [0.3, 0.4) is 0 Å².